The van der Waals surface area contributed by atoms with E-state index >= 15 is 0 Å². The molecule has 136 valence electrons. The molecule has 7 nitrogen and oxygen atoms in total. The highest BCUT2D eigenvalue weighted by atomic mass is 32.2. The minimum atomic E-state index is -3.63. The maximum Gasteiger partial charge on any atom is 0.262 e. The molecule has 0 radical (unpaired) electrons. The largest absolute Gasteiger partial charge is 0.384 e. The van der Waals surface area contributed by atoms with E-state index in [0.29, 0.717) is 13.2 Å². The lowest BCUT2D eigenvalue weighted by atomic mass is 9.79. The Bertz CT molecular complexity index is 659. The fourth-order valence-electron chi connectivity index (χ4n) is 2.85. The van der Waals surface area contributed by atoms with Gasteiger partial charge in [0.25, 0.3) is 5.91 Å². The SMILES string of the molecule is COCC1(CNC(=O)c2sccc2S(=O)(=O)N(C)C)CCNCC1. The molecule has 1 saturated heterocycles. The zero-order chi connectivity index (χ0) is 17.8. The quantitative estimate of drug-likeness (QED) is 0.734. The second-order valence-corrected chi connectivity index (χ2v) is 9.30. The van der Waals surface area contributed by atoms with Gasteiger partial charge in [0.15, 0.2) is 0 Å². The van der Waals surface area contributed by atoms with Crippen LogP contribution >= 0.6 is 11.3 Å². The number of thiophene rings is 1. The number of methoxy groups -OCH3 is 1. The average molecular weight is 376 g/mol. The molecule has 1 aromatic rings. The molecule has 24 heavy (non-hydrogen) atoms. The second-order valence-electron chi connectivity index (χ2n) is 6.27. The molecule has 1 aliphatic heterocycles. The van der Waals surface area contributed by atoms with Gasteiger partial charge >= 0.3 is 0 Å². The summed E-state index contributed by atoms with van der Waals surface area (Å²) < 4.78 is 31.1. The van der Waals surface area contributed by atoms with Gasteiger partial charge in [0.2, 0.25) is 10.0 Å². The van der Waals surface area contributed by atoms with E-state index < -0.39 is 10.0 Å². The molecule has 1 aromatic heterocycles. The van der Waals surface area contributed by atoms with E-state index in [0.717, 1.165) is 41.6 Å². The Morgan fingerprint density at radius 2 is 2.08 bits per heavy atom. The number of hydrogen-bond donors (Lipinski definition) is 2. The molecular weight excluding hydrogens is 350 g/mol. The summed E-state index contributed by atoms with van der Waals surface area (Å²) in [5, 5.41) is 7.84. The van der Waals surface area contributed by atoms with Crippen LogP contribution in [0.4, 0.5) is 0 Å². The Kier molecular flexibility index (Phi) is 6.38. The first-order valence-electron chi connectivity index (χ1n) is 7.80. The van der Waals surface area contributed by atoms with Crippen LogP contribution < -0.4 is 10.6 Å². The predicted molar refractivity (Wildman–Crippen MR) is 93.9 cm³/mol. The Morgan fingerprint density at radius 3 is 2.67 bits per heavy atom. The summed E-state index contributed by atoms with van der Waals surface area (Å²) >= 11 is 1.14. The minimum Gasteiger partial charge on any atom is -0.384 e. The summed E-state index contributed by atoms with van der Waals surface area (Å²) in [5.74, 6) is -0.348. The monoisotopic (exact) mass is 375 g/mol. The van der Waals surface area contributed by atoms with Gasteiger partial charge in [-0.15, -0.1) is 11.3 Å². The van der Waals surface area contributed by atoms with Gasteiger partial charge in [0.1, 0.15) is 9.77 Å². The van der Waals surface area contributed by atoms with Gasteiger partial charge in [-0.25, -0.2) is 12.7 Å². The van der Waals surface area contributed by atoms with Crippen molar-refractivity contribution in [1.82, 2.24) is 14.9 Å². The van der Waals surface area contributed by atoms with Crippen LogP contribution in [0.5, 0.6) is 0 Å². The number of hydrogen-bond acceptors (Lipinski definition) is 6. The van der Waals surface area contributed by atoms with Crippen molar-refractivity contribution in [3.63, 3.8) is 0 Å². The molecular formula is C15H25N3O4S2. The molecule has 9 heteroatoms. The zero-order valence-corrected chi connectivity index (χ0v) is 15.9. The third-order valence-corrected chi connectivity index (χ3v) is 7.23. The van der Waals surface area contributed by atoms with E-state index in [2.05, 4.69) is 10.6 Å². The van der Waals surface area contributed by atoms with E-state index in [1.165, 1.54) is 20.2 Å². The summed E-state index contributed by atoms with van der Waals surface area (Å²) in [6.07, 6.45) is 1.82. The summed E-state index contributed by atoms with van der Waals surface area (Å²) in [4.78, 5) is 12.8. The van der Waals surface area contributed by atoms with Gasteiger partial charge in [-0.1, -0.05) is 0 Å². The van der Waals surface area contributed by atoms with E-state index in [1.54, 1.807) is 12.5 Å². The molecule has 0 spiro atoms. The fourth-order valence-corrected chi connectivity index (χ4v) is 5.06. The lowest BCUT2D eigenvalue weighted by Crippen LogP contribution is -2.47. The summed E-state index contributed by atoms with van der Waals surface area (Å²) in [7, 11) is 0.941. The number of amides is 1. The third-order valence-electron chi connectivity index (χ3n) is 4.33. The van der Waals surface area contributed by atoms with Gasteiger partial charge in [-0.3, -0.25) is 4.79 Å². The highest BCUT2D eigenvalue weighted by Gasteiger charge is 2.33. The smallest absolute Gasteiger partial charge is 0.262 e. The first-order chi connectivity index (χ1) is 11.3. The van der Waals surface area contributed by atoms with Gasteiger partial charge in [-0.05, 0) is 37.4 Å². The van der Waals surface area contributed by atoms with Crippen LogP contribution in [0.25, 0.3) is 0 Å². The van der Waals surface area contributed by atoms with Gasteiger partial charge in [0, 0.05) is 33.2 Å². The van der Waals surface area contributed by atoms with E-state index in [9.17, 15) is 13.2 Å². The molecule has 0 aliphatic carbocycles. The number of nitrogens with one attached hydrogen (secondary N) is 2. The molecule has 2 N–H and O–H groups in total. The molecule has 0 unspecified atom stereocenters. The van der Waals surface area contributed by atoms with Crippen LogP contribution in [0.3, 0.4) is 0 Å². The first-order valence-corrected chi connectivity index (χ1v) is 10.1. The number of carbonyl (C=O) groups excluding carboxylic acids is 1. The van der Waals surface area contributed by atoms with E-state index in [1.807, 2.05) is 0 Å². The number of piperidine rings is 1. The Morgan fingerprint density at radius 1 is 1.42 bits per heavy atom. The first kappa shape index (κ1) is 19.3. The second kappa shape index (κ2) is 7.92. The molecule has 0 saturated carbocycles. The van der Waals surface area contributed by atoms with Crippen molar-refractivity contribution >= 4 is 27.3 Å². The van der Waals surface area contributed by atoms with Crippen molar-refractivity contribution in [2.24, 2.45) is 5.41 Å². The normalized spacial score (nSPS) is 17.8. The van der Waals surface area contributed by atoms with Crippen molar-refractivity contribution < 1.29 is 17.9 Å². The predicted octanol–water partition coefficient (Wildman–Crippen LogP) is 0.744. The summed E-state index contributed by atoms with van der Waals surface area (Å²) in [5.41, 5.74) is -0.104. The molecule has 1 amide bonds. The molecule has 1 fully saturated rings. The molecule has 0 aromatic carbocycles. The van der Waals surface area contributed by atoms with Crippen molar-refractivity contribution in [2.45, 2.75) is 17.7 Å². The van der Waals surface area contributed by atoms with Crippen LogP contribution in [-0.4, -0.2) is 66.1 Å². The van der Waals surface area contributed by atoms with E-state index in [4.69, 9.17) is 4.74 Å². The summed E-state index contributed by atoms with van der Waals surface area (Å²) in [6, 6.07) is 1.48. The minimum absolute atomic E-state index is 0.0566. The Balaban J connectivity index is 2.12. The highest BCUT2D eigenvalue weighted by Crippen LogP contribution is 2.29. The zero-order valence-electron chi connectivity index (χ0n) is 14.3. The summed E-state index contributed by atoms with van der Waals surface area (Å²) in [6.45, 7) is 2.82. The van der Waals surface area contributed by atoms with E-state index in [-0.39, 0.29) is 21.1 Å². The Labute approximate surface area is 147 Å². The van der Waals surface area contributed by atoms with Crippen LogP contribution in [0.15, 0.2) is 16.3 Å². The van der Waals surface area contributed by atoms with Crippen LogP contribution in [0, 0.1) is 5.41 Å². The number of ether oxygens (including phenoxy) is 1. The highest BCUT2D eigenvalue weighted by molar-refractivity contribution is 7.89. The number of nitrogens with zero attached hydrogens (tertiary/aromatic N) is 1. The van der Waals surface area contributed by atoms with Crippen LogP contribution in [0.2, 0.25) is 0 Å². The molecule has 0 atom stereocenters. The van der Waals surface area contributed by atoms with Crippen LogP contribution in [0.1, 0.15) is 22.5 Å². The average Bonchev–Trinajstić information content (AvgIpc) is 3.04. The van der Waals surface area contributed by atoms with Crippen molar-refractivity contribution in [1.29, 1.82) is 0 Å². The lowest BCUT2D eigenvalue weighted by molar-refractivity contribution is 0.0512. The fraction of sp³-hybridized carbons (Fsp3) is 0.667. The van der Waals surface area contributed by atoms with Crippen molar-refractivity contribution in [2.75, 3.05) is 47.4 Å². The maximum atomic E-state index is 12.5. The van der Waals surface area contributed by atoms with Gasteiger partial charge in [-0.2, -0.15) is 0 Å². The Hall–Kier alpha value is -1.00. The number of rotatable bonds is 7. The van der Waals surface area contributed by atoms with Crippen molar-refractivity contribution in [3.05, 3.63) is 16.3 Å². The molecule has 1 aliphatic rings. The molecule has 2 heterocycles. The van der Waals surface area contributed by atoms with Crippen LogP contribution in [-0.2, 0) is 14.8 Å². The standard InChI is InChI=1S/C15H25N3O4S2/c1-18(2)24(20,21)12-4-9-23-13(12)14(19)17-10-15(11-22-3)5-7-16-8-6-15/h4,9,16H,5-8,10-11H2,1-3H3,(H,17,19). The van der Waals surface area contributed by atoms with Gasteiger partial charge < -0.3 is 15.4 Å². The third kappa shape index (κ3) is 4.15. The topological polar surface area (TPSA) is 87.7 Å². The van der Waals surface area contributed by atoms with Gasteiger partial charge in [0.05, 0.1) is 6.61 Å². The maximum absolute atomic E-state index is 12.5. The lowest BCUT2D eigenvalue weighted by Gasteiger charge is -2.37. The van der Waals surface area contributed by atoms with Crippen molar-refractivity contribution in [3.8, 4) is 0 Å². The molecule has 0 bridgehead atoms. The number of carbonyl (C=O) groups is 1. The number of sulfonamides is 1. The molecule has 2 rings (SSSR count).